The predicted molar refractivity (Wildman–Crippen MR) is 307 cm³/mol. The first-order chi connectivity index (χ1) is 35.0. The number of hydrogen-bond donors (Lipinski definition) is 0. The van der Waals surface area contributed by atoms with Gasteiger partial charge in [-0.25, -0.2) is 0 Å². The maximum Gasteiger partial charge on any atom is 0.306 e. The Balaban J connectivity index is 4.34. The monoisotopic (exact) mass is 993 g/mol. The lowest BCUT2D eigenvalue weighted by molar-refractivity contribution is -0.167. The van der Waals surface area contributed by atoms with Gasteiger partial charge >= 0.3 is 17.9 Å². The van der Waals surface area contributed by atoms with E-state index >= 15 is 0 Å². The minimum absolute atomic E-state index is 0.0803. The number of esters is 3. The van der Waals surface area contributed by atoms with Gasteiger partial charge in [-0.2, -0.15) is 0 Å². The second-order valence-electron chi connectivity index (χ2n) is 20.6. The summed E-state index contributed by atoms with van der Waals surface area (Å²) in [6.07, 6.45) is 75.0. The van der Waals surface area contributed by atoms with Crippen LogP contribution in [-0.2, 0) is 28.6 Å². The second kappa shape index (κ2) is 59.7. The van der Waals surface area contributed by atoms with Gasteiger partial charge in [-0.1, -0.05) is 274 Å². The molecule has 0 heterocycles. The van der Waals surface area contributed by atoms with Gasteiger partial charge in [0.25, 0.3) is 0 Å². The van der Waals surface area contributed by atoms with Crippen LogP contribution in [0.25, 0.3) is 0 Å². The van der Waals surface area contributed by atoms with E-state index in [4.69, 9.17) is 14.2 Å². The molecule has 412 valence electrons. The summed E-state index contributed by atoms with van der Waals surface area (Å²) in [6, 6.07) is 0. The van der Waals surface area contributed by atoms with Crippen LogP contribution < -0.4 is 0 Å². The maximum atomic E-state index is 12.9. The van der Waals surface area contributed by atoms with Crippen LogP contribution in [0.2, 0.25) is 0 Å². The van der Waals surface area contributed by atoms with Gasteiger partial charge in [-0.15, -0.1) is 0 Å². The molecule has 0 aromatic rings. The van der Waals surface area contributed by atoms with Crippen molar-refractivity contribution in [3.8, 4) is 0 Å². The van der Waals surface area contributed by atoms with Crippen molar-refractivity contribution in [3.05, 3.63) is 60.8 Å². The van der Waals surface area contributed by atoms with Crippen LogP contribution in [0, 0.1) is 0 Å². The Morgan fingerprint density at radius 1 is 0.296 bits per heavy atom. The third-order valence-corrected chi connectivity index (χ3v) is 13.5. The maximum absolute atomic E-state index is 12.9. The molecule has 0 spiro atoms. The number of carbonyl (C=O) groups is 3. The fraction of sp³-hybridized carbons (Fsp3) is 0.800. The number of carbonyl (C=O) groups excluding carboxylic acids is 3. The van der Waals surface area contributed by atoms with Crippen LogP contribution in [0.15, 0.2) is 60.8 Å². The molecule has 0 N–H and O–H groups in total. The van der Waals surface area contributed by atoms with Crippen LogP contribution in [0.1, 0.15) is 316 Å². The Bertz CT molecular complexity index is 1280. The minimum atomic E-state index is -0.785. The van der Waals surface area contributed by atoms with Crippen molar-refractivity contribution in [2.75, 3.05) is 13.2 Å². The molecule has 71 heavy (non-hydrogen) atoms. The lowest BCUT2D eigenvalue weighted by atomic mass is 10.0. The number of ether oxygens (including phenoxy) is 3. The highest BCUT2D eigenvalue weighted by Gasteiger charge is 2.19. The van der Waals surface area contributed by atoms with E-state index in [0.717, 1.165) is 109 Å². The zero-order valence-corrected chi connectivity index (χ0v) is 47.2. The van der Waals surface area contributed by atoms with Crippen LogP contribution in [0.4, 0.5) is 0 Å². The summed E-state index contributed by atoms with van der Waals surface area (Å²) < 4.78 is 16.9. The SMILES string of the molecule is CC/C=C\C/C=C\C/C=C\CCCCCCCC(=O)OCC(COC(=O)CCCCCCCCCCCCCCCCCCCCCCC)OC(=O)CCCCCCCCC/C=C\C/C=C\CCCCC. The van der Waals surface area contributed by atoms with Gasteiger partial charge < -0.3 is 14.2 Å². The Morgan fingerprint density at radius 3 is 0.887 bits per heavy atom. The van der Waals surface area contributed by atoms with Gasteiger partial charge in [-0.3, -0.25) is 14.4 Å². The molecule has 0 saturated carbocycles. The second-order valence-corrected chi connectivity index (χ2v) is 20.6. The van der Waals surface area contributed by atoms with E-state index < -0.39 is 6.10 Å². The van der Waals surface area contributed by atoms with Gasteiger partial charge in [-0.05, 0) is 83.5 Å². The van der Waals surface area contributed by atoms with Gasteiger partial charge in [0.15, 0.2) is 6.10 Å². The van der Waals surface area contributed by atoms with Crippen molar-refractivity contribution in [1.82, 2.24) is 0 Å². The van der Waals surface area contributed by atoms with E-state index in [1.54, 1.807) is 0 Å². The molecule has 0 aromatic carbocycles. The number of rotatable bonds is 56. The molecule has 0 aliphatic rings. The Kier molecular flexibility index (Phi) is 57.2. The molecule has 0 aliphatic carbocycles. The highest BCUT2D eigenvalue weighted by Crippen LogP contribution is 2.17. The highest BCUT2D eigenvalue weighted by atomic mass is 16.6. The number of unbranched alkanes of at least 4 members (excludes halogenated alkanes) is 35. The largest absolute Gasteiger partial charge is 0.462 e. The summed E-state index contributed by atoms with van der Waals surface area (Å²) in [4.78, 5) is 38.3. The van der Waals surface area contributed by atoms with Gasteiger partial charge in [0.2, 0.25) is 0 Å². The van der Waals surface area contributed by atoms with Crippen molar-refractivity contribution in [2.45, 2.75) is 322 Å². The third-order valence-electron chi connectivity index (χ3n) is 13.5. The minimum Gasteiger partial charge on any atom is -0.462 e. The molecular weight excluding hydrogens is 877 g/mol. The van der Waals surface area contributed by atoms with Crippen molar-refractivity contribution in [3.63, 3.8) is 0 Å². The smallest absolute Gasteiger partial charge is 0.306 e. The molecule has 0 amide bonds. The van der Waals surface area contributed by atoms with E-state index in [2.05, 4.69) is 81.5 Å². The molecule has 1 unspecified atom stereocenters. The van der Waals surface area contributed by atoms with Crippen LogP contribution in [0.5, 0.6) is 0 Å². The van der Waals surface area contributed by atoms with Gasteiger partial charge in [0.1, 0.15) is 13.2 Å². The lowest BCUT2D eigenvalue weighted by Crippen LogP contribution is -2.30. The van der Waals surface area contributed by atoms with Gasteiger partial charge in [0.05, 0.1) is 0 Å². The summed E-state index contributed by atoms with van der Waals surface area (Å²) in [7, 11) is 0. The highest BCUT2D eigenvalue weighted by molar-refractivity contribution is 5.71. The normalized spacial score (nSPS) is 12.4. The van der Waals surface area contributed by atoms with E-state index in [1.165, 1.54) is 167 Å². The summed E-state index contributed by atoms with van der Waals surface area (Å²) >= 11 is 0. The fourth-order valence-corrected chi connectivity index (χ4v) is 8.90. The molecule has 0 aliphatic heterocycles. The summed E-state index contributed by atoms with van der Waals surface area (Å²) in [5, 5.41) is 0. The molecule has 0 rings (SSSR count). The quantitative estimate of drug-likeness (QED) is 0.0261. The third kappa shape index (κ3) is 57.9. The zero-order chi connectivity index (χ0) is 51.4. The Hall–Kier alpha value is -2.89. The average molecular weight is 994 g/mol. The van der Waals surface area contributed by atoms with Gasteiger partial charge in [0, 0.05) is 19.3 Å². The van der Waals surface area contributed by atoms with Crippen molar-refractivity contribution in [1.29, 1.82) is 0 Å². The van der Waals surface area contributed by atoms with Crippen molar-refractivity contribution in [2.24, 2.45) is 0 Å². The van der Waals surface area contributed by atoms with E-state index in [-0.39, 0.29) is 31.1 Å². The summed E-state index contributed by atoms with van der Waals surface area (Å²) in [5.74, 6) is -0.890. The zero-order valence-electron chi connectivity index (χ0n) is 47.2. The fourth-order valence-electron chi connectivity index (χ4n) is 8.90. The first-order valence-electron chi connectivity index (χ1n) is 30.8. The van der Waals surface area contributed by atoms with Crippen molar-refractivity contribution < 1.29 is 28.6 Å². The Labute approximate surface area is 440 Å². The standard InChI is InChI=1S/C65H116O6/c1-4-7-10-13-16-19-22-25-28-30-31-32-33-35-37-40-43-46-49-52-55-58-64(67)70-61-62(60-69-63(66)57-54-51-48-45-42-39-36-27-24-21-18-15-12-9-6-3)71-65(68)59-56-53-50-47-44-41-38-34-29-26-23-20-17-14-11-8-5-2/h9,12,17-18,20-21,26-27,29,36,62H,4-8,10-11,13-16,19,22-25,28,30-35,37-61H2,1-3H3/b12-9-,20-17-,21-18-,29-26-,36-27-. The van der Waals surface area contributed by atoms with Crippen LogP contribution >= 0.6 is 0 Å². The van der Waals surface area contributed by atoms with E-state index in [9.17, 15) is 14.4 Å². The van der Waals surface area contributed by atoms with Crippen LogP contribution in [0.3, 0.4) is 0 Å². The molecule has 0 radical (unpaired) electrons. The summed E-state index contributed by atoms with van der Waals surface area (Å²) in [6.45, 7) is 6.53. The molecule has 0 saturated heterocycles. The molecule has 0 aromatic heterocycles. The molecule has 6 nitrogen and oxygen atoms in total. The average Bonchev–Trinajstić information content (AvgIpc) is 3.37. The van der Waals surface area contributed by atoms with E-state index in [0.29, 0.717) is 19.3 Å². The molecule has 1 atom stereocenters. The first-order valence-corrected chi connectivity index (χ1v) is 30.8. The predicted octanol–water partition coefficient (Wildman–Crippen LogP) is 20.8. The summed E-state index contributed by atoms with van der Waals surface area (Å²) in [5.41, 5.74) is 0. The lowest BCUT2D eigenvalue weighted by Gasteiger charge is -2.18. The number of hydrogen-bond acceptors (Lipinski definition) is 6. The molecule has 0 bridgehead atoms. The molecule has 0 fully saturated rings. The number of allylic oxidation sites excluding steroid dienone is 10. The van der Waals surface area contributed by atoms with E-state index in [1.807, 2.05) is 0 Å². The molecule has 6 heteroatoms. The Morgan fingerprint density at radius 2 is 0.549 bits per heavy atom. The topological polar surface area (TPSA) is 78.9 Å². The molecular formula is C65H116O6. The first kappa shape index (κ1) is 68.1. The van der Waals surface area contributed by atoms with Crippen molar-refractivity contribution >= 4 is 17.9 Å². The van der Waals surface area contributed by atoms with Crippen LogP contribution in [-0.4, -0.2) is 37.2 Å².